The molecule has 2 heterocycles. The Morgan fingerprint density at radius 2 is 1.96 bits per heavy atom. The Labute approximate surface area is 168 Å². The van der Waals surface area contributed by atoms with E-state index < -0.39 is 0 Å². The number of non-ortho nitro benzene ring substituents is 1. The predicted octanol–water partition coefficient (Wildman–Crippen LogP) is 3.81. The number of nitro groups is 1. The average Bonchev–Trinajstić information content (AvgIpc) is 3.15. The molecule has 0 amide bonds. The van der Waals surface area contributed by atoms with E-state index in [1.165, 1.54) is 5.01 Å². The zero-order chi connectivity index (χ0) is 19.5. The molecule has 150 valence electrons. The SMILES string of the molecule is Cc1csc(C2C[C@@H](Nc3ccc([N+](=O)[O-])cc3)C[C@H](N3CCOCC3)C2)n1. The maximum absolute atomic E-state index is 10.9. The number of rotatable bonds is 5. The molecule has 0 radical (unpaired) electrons. The van der Waals surface area contributed by atoms with Gasteiger partial charge in [-0.3, -0.25) is 15.0 Å². The van der Waals surface area contributed by atoms with E-state index in [4.69, 9.17) is 9.72 Å². The maximum Gasteiger partial charge on any atom is 0.269 e. The van der Waals surface area contributed by atoms with Crippen LogP contribution in [0.1, 0.15) is 35.9 Å². The van der Waals surface area contributed by atoms with Crippen LogP contribution in [0.2, 0.25) is 0 Å². The number of nitro benzene ring substituents is 1. The van der Waals surface area contributed by atoms with Gasteiger partial charge in [0.15, 0.2) is 0 Å². The molecule has 1 saturated heterocycles. The van der Waals surface area contributed by atoms with Crippen molar-refractivity contribution in [3.63, 3.8) is 0 Å². The zero-order valence-electron chi connectivity index (χ0n) is 16.0. The van der Waals surface area contributed by atoms with E-state index >= 15 is 0 Å². The minimum atomic E-state index is -0.361. The lowest BCUT2D eigenvalue weighted by molar-refractivity contribution is -0.384. The lowest BCUT2D eigenvalue weighted by Gasteiger charge is -2.42. The van der Waals surface area contributed by atoms with Gasteiger partial charge in [0.1, 0.15) is 0 Å². The highest BCUT2D eigenvalue weighted by molar-refractivity contribution is 7.09. The van der Waals surface area contributed by atoms with E-state index in [0.717, 1.165) is 56.9 Å². The third-order valence-electron chi connectivity index (χ3n) is 5.68. The third-order valence-corrected chi connectivity index (χ3v) is 6.80. The Bertz CT molecular complexity index is 804. The average molecular weight is 403 g/mol. The monoisotopic (exact) mass is 402 g/mol. The number of thiazole rings is 1. The summed E-state index contributed by atoms with van der Waals surface area (Å²) in [6.45, 7) is 5.63. The summed E-state index contributed by atoms with van der Waals surface area (Å²) >= 11 is 1.76. The van der Waals surface area contributed by atoms with Gasteiger partial charge in [0, 0.05) is 60.0 Å². The van der Waals surface area contributed by atoms with Crippen molar-refractivity contribution in [3.05, 3.63) is 50.5 Å². The summed E-state index contributed by atoms with van der Waals surface area (Å²) in [6.07, 6.45) is 3.23. The molecule has 1 unspecified atom stereocenters. The first-order valence-corrected chi connectivity index (χ1v) is 10.7. The number of nitrogens with zero attached hydrogens (tertiary/aromatic N) is 3. The molecular formula is C20H26N4O3S. The van der Waals surface area contributed by atoms with Crippen molar-refractivity contribution in [3.8, 4) is 0 Å². The summed E-state index contributed by atoms with van der Waals surface area (Å²) in [6, 6.07) is 7.55. The fourth-order valence-corrected chi connectivity index (χ4v) is 5.25. The van der Waals surface area contributed by atoms with Crippen molar-refractivity contribution in [1.29, 1.82) is 0 Å². The second-order valence-corrected chi connectivity index (χ2v) is 8.57. The molecule has 1 aromatic carbocycles. The Morgan fingerprint density at radius 1 is 1.21 bits per heavy atom. The van der Waals surface area contributed by atoms with Crippen LogP contribution in [0.5, 0.6) is 0 Å². The number of aromatic nitrogens is 1. The van der Waals surface area contributed by atoms with Crippen molar-refractivity contribution in [1.82, 2.24) is 9.88 Å². The summed E-state index contributed by atoms with van der Waals surface area (Å²) in [5, 5.41) is 17.9. The molecule has 0 spiro atoms. The molecule has 1 aliphatic carbocycles. The first-order valence-electron chi connectivity index (χ1n) is 9.83. The molecular weight excluding hydrogens is 376 g/mol. The molecule has 7 nitrogen and oxygen atoms in total. The van der Waals surface area contributed by atoms with E-state index in [1.54, 1.807) is 35.6 Å². The number of nitrogens with one attached hydrogen (secondary N) is 1. The van der Waals surface area contributed by atoms with Gasteiger partial charge in [0.25, 0.3) is 5.69 Å². The predicted molar refractivity (Wildman–Crippen MR) is 110 cm³/mol. The molecule has 0 bridgehead atoms. The number of ether oxygens (including phenoxy) is 1. The van der Waals surface area contributed by atoms with E-state index in [-0.39, 0.29) is 10.6 Å². The van der Waals surface area contributed by atoms with Gasteiger partial charge >= 0.3 is 0 Å². The highest BCUT2D eigenvalue weighted by Gasteiger charge is 2.34. The molecule has 28 heavy (non-hydrogen) atoms. The fourth-order valence-electron chi connectivity index (χ4n) is 4.32. The molecule has 1 N–H and O–H groups in total. The van der Waals surface area contributed by atoms with Gasteiger partial charge in [-0.1, -0.05) is 0 Å². The highest BCUT2D eigenvalue weighted by atomic mass is 32.1. The van der Waals surface area contributed by atoms with E-state index in [1.807, 2.05) is 0 Å². The summed E-state index contributed by atoms with van der Waals surface area (Å²) in [4.78, 5) is 17.8. The summed E-state index contributed by atoms with van der Waals surface area (Å²) in [5.74, 6) is 0.441. The zero-order valence-corrected chi connectivity index (χ0v) is 16.9. The van der Waals surface area contributed by atoms with Gasteiger partial charge in [-0.2, -0.15) is 0 Å². The number of morpholine rings is 1. The number of anilines is 1. The van der Waals surface area contributed by atoms with Gasteiger partial charge in [0.05, 0.1) is 23.1 Å². The van der Waals surface area contributed by atoms with Crippen LogP contribution in [0.4, 0.5) is 11.4 Å². The number of hydrogen-bond acceptors (Lipinski definition) is 7. The molecule has 1 aromatic heterocycles. The van der Waals surface area contributed by atoms with Crippen LogP contribution < -0.4 is 5.32 Å². The quantitative estimate of drug-likeness (QED) is 0.605. The van der Waals surface area contributed by atoms with Crippen LogP contribution in [-0.4, -0.2) is 53.2 Å². The topological polar surface area (TPSA) is 80.5 Å². The van der Waals surface area contributed by atoms with Gasteiger partial charge in [-0.15, -0.1) is 11.3 Å². The molecule has 2 aliphatic rings. The van der Waals surface area contributed by atoms with Crippen LogP contribution in [0.25, 0.3) is 0 Å². The normalized spacial score (nSPS) is 26.1. The minimum absolute atomic E-state index is 0.122. The lowest BCUT2D eigenvalue weighted by atomic mass is 9.81. The Balaban J connectivity index is 1.50. The van der Waals surface area contributed by atoms with E-state index in [2.05, 4.69) is 22.5 Å². The third kappa shape index (κ3) is 4.51. The first kappa shape index (κ1) is 19.3. The van der Waals surface area contributed by atoms with Crippen molar-refractivity contribution >= 4 is 22.7 Å². The summed E-state index contributed by atoms with van der Waals surface area (Å²) in [7, 11) is 0. The van der Waals surface area contributed by atoms with Gasteiger partial charge < -0.3 is 10.1 Å². The van der Waals surface area contributed by atoms with Crippen LogP contribution >= 0.6 is 11.3 Å². The second-order valence-electron chi connectivity index (χ2n) is 7.68. The standard InChI is InChI=1S/C20H26N4O3S/c1-14-13-28-20(21-14)15-10-17(12-19(11-15)23-6-8-27-9-7-23)22-16-2-4-18(5-3-16)24(25)26/h2-5,13,15,17,19,22H,6-12H2,1H3/t15?,17-,19-/m1/s1. The Kier molecular flexibility index (Phi) is 5.89. The van der Waals surface area contributed by atoms with Crippen molar-refractivity contribution in [2.75, 3.05) is 31.6 Å². The summed E-state index contributed by atoms with van der Waals surface area (Å²) in [5.41, 5.74) is 2.15. The van der Waals surface area contributed by atoms with Crippen LogP contribution in [0, 0.1) is 17.0 Å². The smallest absolute Gasteiger partial charge is 0.269 e. The molecule has 8 heteroatoms. The number of hydrogen-bond donors (Lipinski definition) is 1. The fraction of sp³-hybridized carbons (Fsp3) is 0.550. The van der Waals surface area contributed by atoms with Crippen LogP contribution in [-0.2, 0) is 4.74 Å². The van der Waals surface area contributed by atoms with Gasteiger partial charge in [-0.25, -0.2) is 4.98 Å². The van der Waals surface area contributed by atoms with Crippen molar-refractivity contribution in [2.45, 2.75) is 44.2 Å². The van der Waals surface area contributed by atoms with Crippen molar-refractivity contribution in [2.24, 2.45) is 0 Å². The Hall–Kier alpha value is -2.03. The van der Waals surface area contributed by atoms with Crippen molar-refractivity contribution < 1.29 is 9.66 Å². The maximum atomic E-state index is 10.9. The molecule has 1 saturated carbocycles. The number of benzene rings is 1. The number of aryl methyl sites for hydroxylation is 1. The molecule has 4 rings (SSSR count). The lowest BCUT2D eigenvalue weighted by Crippen LogP contribution is -2.48. The van der Waals surface area contributed by atoms with Gasteiger partial charge in [-0.05, 0) is 38.3 Å². The van der Waals surface area contributed by atoms with Crippen LogP contribution in [0.3, 0.4) is 0 Å². The van der Waals surface area contributed by atoms with Gasteiger partial charge in [0.2, 0.25) is 0 Å². The molecule has 2 aromatic rings. The minimum Gasteiger partial charge on any atom is -0.382 e. The van der Waals surface area contributed by atoms with Crippen LogP contribution in [0.15, 0.2) is 29.6 Å². The second kappa shape index (κ2) is 8.55. The van der Waals surface area contributed by atoms with E-state index in [0.29, 0.717) is 18.0 Å². The molecule has 3 atom stereocenters. The highest BCUT2D eigenvalue weighted by Crippen LogP contribution is 2.38. The molecule has 2 fully saturated rings. The molecule has 1 aliphatic heterocycles. The largest absolute Gasteiger partial charge is 0.382 e. The van der Waals surface area contributed by atoms with E-state index in [9.17, 15) is 10.1 Å². The Morgan fingerprint density at radius 3 is 2.61 bits per heavy atom. The summed E-state index contributed by atoms with van der Waals surface area (Å²) < 4.78 is 5.54. The first-order chi connectivity index (χ1) is 13.6.